The molecular formula is C24H29N3O3. The Hall–Kier alpha value is -3.02. The largest absolute Gasteiger partial charge is 0.484 e. The van der Waals surface area contributed by atoms with Crippen molar-refractivity contribution >= 4 is 23.2 Å². The maximum Gasteiger partial charge on any atom is 0.260 e. The standard InChI is InChI=1S/C24H29N3O3/c1-17(2)18-3-6-20(7-4-18)26-11-13-27(14-12-26)24(29)16-30-21-8-9-22-19(15-21)5-10-23(28)25-22/h3-4,6-9,15,17H,5,10-14,16H2,1-2H3,(H,25,28). The highest BCUT2D eigenvalue weighted by Gasteiger charge is 2.22. The molecule has 6 nitrogen and oxygen atoms in total. The number of nitrogens with one attached hydrogen (secondary N) is 1. The summed E-state index contributed by atoms with van der Waals surface area (Å²) in [5.74, 6) is 1.25. The van der Waals surface area contributed by atoms with Crippen molar-refractivity contribution in [2.75, 3.05) is 43.0 Å². The van der Waals surface area contributed by atoms with Crippen molar-refractivity contribution in [1.82, 2.24) is 4.90 Å². The van der Waals surface area contributed by atoms with Gasteiger partial charge < -0.3 is 19.9 Å². The average Bonchev–Trinajstić information content (AvgIpc) is 2.77. The second-order valence-electron chi connectivity index (χ2n) is 8.27. The van der Waals surface area contributed by atoms with Gasteiger partial charge in [0.1, 0.15) is 5.75 Å². The van der Waals surface area contributed by atoms with E-state index < -0.39 is 0 Å². The fourth-order valence-corrected chi connectivity index (χ4v) is 3.97. The van der Waals surface area contributed by atoms with Gasteiger partial charge in [0.05, 0.1) is 0 Å². The maximum atomic E-state index is 12.6. The monoisotopic (exact) mass is 407 g/mol. The van der Waals surface area contributed by atoms with Crippen molar-refractivity contribution in [3.8, 4) is 5.75 Å². The van der Waals surface area contributed by atoms with Crippen LogP contribution in [0, 0.1) is 0 Å². The zero-order chi connectivity index (χ0) is 21.1. The summed E-state index contributed by atoms with van der Waals surface area (Å²) < 4.78 is 5.74. The highest BCUT2D eigenvalue weighted by Crippen LogP contribution is 2.27. The first kappa shape index (κ1) is 20.3. The van der Waals surface area contributed by atoms with E-state index in [0.717, 1.165) is 24.3 Å². The van der Waals surface area contributed by atoms with E-state index in [1.807, 2.05) is 17.0 Å². The predicted molar refractivity (Wildman–Crippen MR) is 118 cm³/mol. The lowest BCUT2D eigenvalue weighted by Gasteiger charge is -2.36. The molecule has 30 heavy (non-hydrogen) atoms. The summed E-state index contributed by atoms with van der Waals surface area (Å²) in [6.07, 6.45) is 1.19. The predicted octanol–water partition coefficient (Wildman–Crippen LogP) is 3.42. The summed E-state index contributed by atoms with van der Waals surface area (Å²) in [6, 6.07) is 14.3. The molecule has 1 fully saturated rings. The van der Waals surface area contributed by atoms with Gasteiger partial charge >= 0.3 is 0 Å². The number of aryl methyl sites for hydroxylation is 1. The van der Waals surface area contributed by atoms with Crippen LogP contribution in [0.15, 0.2) is 42.5 Å². The number of hydrogen-bond acceptors (Lipinski definition) is 4. The number of anilines is 2. The normalized spacial score (nSPS) is 16.3. The first-order valence-electron chi connectivity index (χ1n) is 10.7. The van der Waals surface area contributed by atoms with Crippen molar-refractivity contribution in [3.63, 3.8) is 0 Å². The molecule has 0 bridgehead atoms. The SMILES string of the molecule is CC(C)c1ccc(N2CCN(C(=O)COc3ccc4c(c3)CCC(=O)N4)CC2)cc1. The maximum absolute atomic E-state index is 12.6. The van der Waals surface area contributed by atoms with Gasteiger partial charge in [-0.05, 0) is 53.8 Å². The van der Waals surface area contributed by atoms with E-state index in [2.05, 4.69) is 48.3 Å². The number of fused-ring (bicyclic) bond motifs is 1. The Bertz CT molecular complexity index is 916. The summed E-state index contributed by atoms with van der Waals surface area (Å²) in [6.45, 7) is 7.48. The smallest absolute Gasteiger partial charge is 0.260 e. The van der Waals surface area contributed by atoms with E-state index in [-0.39, 0.29) is 18.4 Å². The number of carbonyl (C=O) groups excluding carboxylic acids is 2. The molecule has 1 saturated heterocycles. The summed E-state index contributed by atoms with van der Waals surface area (Å²) in [7, 11) is 0. The molecule has 0 aromatic heterocycles. The van der Waals surface area contributed by atoms with Crippen LogP contribution in [0.5, 0.6) is 5.75 Å². The van der Waals surface area contributed by atoms with Crippen molar-refractivity contribution in [3.05, 3.63) is 53.6 Å². The minimum Gasteiger partial charge on any atom is -0.484 e. The molecule has 2 aromatic rings. The molecule has 0 spiro atoms. The summed E-state index contributed by atoms with van der Waals surface area (Å²) in [5, 5.41) is 2.86. The molecule has 1 N–H and O–H groups in total. The van der Waals surface area contributed by atoms with Gasteiger partial charge in [-0.1, -0.05) is 26.0 Å². The summed E-state index contributed by atoms with van der Waals surface area (Å²) in [4.78, 5) is 28.3. The van der Waals surface area contributed by atoms with Crippen LogP contribution in [-0.4, -0.2) is 49.5 Å². The molecule has 2 aliphatic rings. The third-order valence-corrected chi connectivity index (χ3v) is 5.89. The summed E-state index contributed by atoms with van der Waals surface area (Å²) >= 11 is 0. The van der Waals surface area contributed by atoms with Gasteiger partial charge in [0, 0.05) is 44.0 Å². The van der Waals surface area contributed by atoms with Crippen LogP contribution in [-0.2, 0) is 16.0 Å². The van der Waals surface area contributed by atoms with Gasteiger partial charge in [0.25, 0.3) is 5.91 Å². The lowest BCUT2D eigenvalue weighted by Crippen LogP contribution is -2.50. The first-order chi connectivity index (χ1) is 14.5. The average molecular weight is 408 g/mol. The van der Waals surface area contributed by atoms with Crippen LogP contribution in [0.3, 0.4) is 0 Å². The van der Waals surface area contributed by atoms with Gasteiger partial charge in [-0.25, -0.2) is 0 Å². The highest BCUT2D eigenvalue weighted by atomic mass is 16.5. The van der Waals surface area contributed by atoms with Gasteiger partial charge in [0.15, 0.2) is 6.61 Å². The molecule has 0 saturated carbocycles. The Balaban J connectivity index is 1.27. The number of benzene rings is 2. The molecule has 6 heteroatoms. The van der Waals surface area contributed by atoms with Crippen molar-refractivity contribution in [2.24, 2.45) is 0 Å². The quantitative estimate of drug-likeness (QED) is 0.825. The molecule has 4 rings (SSSR count). The molecule has 0 atom stereocenters. The van der Waals surface area contributed by atoms with E-state index in [1.165, 1.54) is 11.3 Å². The number of ether oxygens (including phenoxy) is 1. The number of piperazine rings is 1. The fraction of sp³-hybridized carbons (Fsp3) is 0.417. The van der Waals surface area contributed by atoms with Crippen LogP contribution in [0.4, 0.5) is 11.4 Å². The third-order valence-electron chi connectivity index (χ3n) is 5.89. The van der Waals surface area contributed by atoms with E-state index in [4.69, 9.17) is 4.74 Å². The number of carbonyl (C=O) groups is 2. The highest BCUT2D eigenvalue weighted by molar-refractivity contribution is 5.94. The Labute approximate surface area is 177 Å². The fourth-order valence-electron chi connectivity index (χ4n) is 3.97. The van der Waals surface area contributed by atoms with Gasteiger partial charge in [-0.15, -0.1) is 0 Å². The zero-order valence-electron chi connectivity index (χ0n) is 17.7. The van der Waals surface area contributed by atoms with Crippen LogP contribution in [0.2, 0.25) is 0 Å². The minimum atomic E-state index is 0.0100. The molecule has 0 aliphatic carbocycles. The van der Waals surface area contributed by atoms with E-state index in [9.17, 15) is 9.59 Å². The van der Waals surface area contributed by atoms with Gasteiger partial charge in [0.2, 0.25) is 5.91 Å². The molecule has 158 valence electrons. The molecule has 2 aliphatic heterocycles. The molecule has 0 radical (unpaired) electrons. The second kappa shape index (κ2) is 8.78. The first-order valence-corrected chi connectivity index (χ1v) is 10.7. The Morgan fingerprint density at radius 1 is 1.03 bits per heavy atom. The lowest BCUT2D eigenvalue weighted by molar-refractivity contribution is -0.133. The topological polar surface area (TPSA) is 61.9 Å². The number of hydrogen-bond donors (Lipinski definition) is 1. The number of rotatable bonds is 5. The van der Waals surface area contributed by atoms with Crippen molar-refractivity contribution in [1.29, 1.82) is 0 Å². The van der Waals surface area contributed by atoms with E-state index >= 15 is 0 Å². The number of amides is 2. The minimum absolute atomic E-state index is 0.0100. The van der Waals surface area contributed by atoms with Crippen LogP contribution in [0.25, 0.3) is 0 Å². The second-order valence-corrected chi connectivity index (χ2v) is 8.27. The van der Waals surface area contributed by atoms with Gasteiger partial charge in [-0.3, -0.25) is 9.59 Å². The van der Waals surface area contributed by atoms with Crippen molar-refractivity contribution < 1.29 is 14.3 Å². The van der Waals surface area contributed by atoms with Crippen LogP contribution < -0.4 is 15.0 Å². The van der Waals surface area contributed by atoms with Crippen LogP contribution >= 0.6 is 0 Å². The third kappa shape index (κ3) is 4.58. The Kier molecular flexibility index (Phi) is 5.93. The van der Waals surface area contributed by atoms with E-state index in [0.29, 0.717) is 37.6 Å². The molecule has 2 heterocycles. The lowest BCUT2D eigenvalue weighted by atomic mass is 10.0. The Morgan fingerprint density at radius 2 is 1.77 bits per heavy atom. The summed E-state index contributed by atoms with van der Waals surface area (Å²) in [5.41, 5.74) is 4.44. The van der Waals surface area contributed by atoms with Gasteiger partial charge in [-0.2, -0.15) is 0 Å². The van der Waals surface area contributed by atoms with Crippen molar-refractivity contribution in [2.45, 2.75) is 32.6 Å². The zero-order valence-corrected chi connectivity index (χ0v) is 17.7. The number of nitrogens with zero attached hydrogens (tertiary/aromatic N) is 2. The molecule has 2 aromatic carbocycles. The molecule has 0 unspecified atom stereocenters. The molecule has 2 amide bonds. The molecular weight excluding hydrogens is 378 g/mol. The van der Waals surface area contributed by atoms with Crippen LogP contribution in [0.1, 0.15) is 37.3 Å². The van der Waals surface area contributed by atoms with E-state index in [1.54, 1.807) is 6.07 Å². The Morgan fingerprint density at radius 3 is 2.47 bits per heavy atom.